The molecule has 1 saturated carbocycles. The van der Waals surface area contributed by atoms with Crippen molar-refractivity contribution in [1.82, 2.24) is 0 Å². The maximum Gasteiger partial charge on any atom is 0.245 e. The Labute approximate surface area is 164 Å². The van der Waals surface area contributed by atoms with Gasteiger partial charge in [0.2, 0.25) is 5.91 Å². The number of amides is 1. The van der Waals surface area contributed by atoms with Crippen LogP contribution in [0.4, 0.5) is 5.69 Å². The first kappa shape index (κ1) is 19.7. The normalized spacial score (nSPS) is 23.4. The molecule has 0 saturated heterocycles. The van der Waals surface area contributed by atoms with Crippen molar-refractivity contribution in [2.75, 3.05) is 11.9 Å². The van der Waals surface area contributed by atoms with E-state index in [1.807, 2.05) is 32.9 Å². The zero-order chi connectivity index (χ0) is 19.7. The molecule has 0 aliphatic heterocycles. The third-order valence-electron chi connectivity index (χ3n) is 5.41. The van der Waals surface area contributed by atoms with E-state index >= 15 is 0 Å². The molecule has 1 amide bonds. The van der Waals surface area contributed by atoms with E-state index in [1.165, 1.54) is 0 Å². The summed E-state index contributed by atoms with van der Waals surface area (Å²) in [6.07, 6.45) is 0.498. The summed E-state index contributed by atoms with van der Waals surface area (Å²) >= 11 is 6.10. The van der Waals surface area contributed by atoms with E-state index in [0.717, 1.165) is 0 Å². The lowest BCUT2D eigenvalue weighted by molar-refractivity contribution is -0.166. The Morgan fingerprint density at radius 1 is 1.22 bits per heavy atom. The Morgan fingerprint density at radius 3 is 2.48 bits per heavy atom. The quantitative estimate of drug-likeness (QED) is 0.758. The van der Waals surface area contributed by atoms with Crippen molar-refractivity contribution in [2.24, 2.45) is 11.1 Å². The molecule has 0 aromatic heterocycles. The first-order chi connectivity index (χ1) is 12.8. The molecule has 2 aromatic carbocycles. The number of hydrogen-bond donors (Lipinski definition) is 2. The van der Waals surface area contributed by atoms with Gasteiger partial charge in [-0.25, -0.2) is 0 Å². The maximum absolute atomic E-state index is 12.8. The predicted molar refractivity (Wildman–Crippen MR) is 107 cm³/mol. The summed E-state index contributed by atoms with van der Waals surface area (Å²) in [5, 5.41) is 3.44. The monoisotopic (exact) mass is 388 g/mol. The second kappa shape index (κ2) is 7.50. The summed E-state index contributed by atoms with van der Waals surface area (Å²) in [4.78, 5) is 12.8. The third kappa shape index (κ3) is 3.68. The van der Waals surface area contributed by atoms with Crippen LogP contribution in [0.1, 0.15) is 27.2 Å². The molecular weight excluding hydrogens is 364 g/mol. The van der Waals surface area contributed by atoms with E-state index in [0.29, 0.717) is 35.2 Å². The number of nitrogens with two attached hydrogens (primary N) is 1. The maximum atomic E-state index is 12.8. The topological polar surface area (TPSA) is 73.6 Å². The molecule has 0 bridgehead atoms. The molecule has 2 aromatic rings. The number of para-hydroxylation sites is 1. The van der Waals surface area contributed by atoms with Crippen LogP contribution in [0.2, 0.25) is 5.02 Å². The van der Waals surface area contributed by atoms with Crippen molar-refractivity contribution in [3.63, 3.8) is 0 Å². The van der Waals surface area contributed by atoms with Crippen LogP contribution in [0.3, 0.4) is 0 Å². The van der Waals surface area contributed by atoms with Crippen LogP contribution >= 0.6 is 11.6 Å². The molecule has 2 atom stereocenters. The van der Waals surface area contributed by atoms with E-state index in [4.69, 9.17) is 26.8 Å². The largest absolute Gasteiger partial charge is 0.456 e. The minimum Gasteiger partial charge on any atom is -0.456 e. The van der Waals surface area contributed by atoms with Crippen LogP contribution < -0.4 is 15.8 Å². The minimum absolute atomic E-state index is 0.00959. The van der Waals surface area contributed by atoms with Gasteiger partial charge >= 0.3 is 0 Å². The van der Waals surface area contributed by atoms with Gasteiger partial charge in [-0.05, 0) is 43.3 Å². The Bertz CT molecular complexity index is 822. The summed E-state index contributed by atoms with van der Waals surface area (Å²) in [6.45, 7) is 6.49. The fourth-order valence-electron chi connectivity index (χ4n) is 3.32. The lowest BCUT2D eigenvalue weighted by atomic mass is 9.54. The number of carbonyl (C=O) groups excluding carboxylic acids is 1. The fraction of sp³-hybridized carbons (Fsp3) is 0.381. The molecular formula is C21H25ClN2O3. The molecule has 2 unspecified atom stereocenters. The van der Waals surface area contributed by atoms with Crippen molar-refractivity contribution < 1.29 is 14.3 Å². The van der Waals surface area contributed by atoms with E-state index < -0.39 is 11.0 Å². The summed E-state index contributed by atoms with van der Waals surface area (Å²) in [5.41, 5.74) is 5.68. The highest BCUT2D eigenvalue weighted by Gasteiger charge is 2.62. The molecule has 3 rings (SSSR count). The Balaban J connectivity index is 1.65. The Kier molecular flexibility index (Phi) is 5.47. The minimum atomic E-state index is -0.959. The van der Waals surface area contributed by atoms with Crippen molar-refractivity contribution in [3.05, 3.63) is 53.6 Å². The third-order valence-corrected chi connectivity index (χ3v) is 5.72. The van der Waals surface area contributed by atoms with Gasteiger partial charge in [-0.1, -0.05) is 37.6 Å². The number of benzene rings is 2. The van der Waals surface area contributed by atoms with E-state index in [9.17, 15) is 4.79 Å². The smallest absolute Gasteiger partial charge is 0.245 e. The van der Waals surface area contributed by atoms with Gasteiger partial charge in [-0.15, -0.1) is 0 Å². The molecule has 0 spiro atoms. The van der Waals surface area contributed by atoms with Crippen LogP contribution in [-0.4, -0.2) is 24.2 Å². The van der Waals surface area contributed by atoms with Crippen LogP contribution in [0, 0.1) is 5.41 Å². The average molecular weight is 389 g/mol. The van der Waals surface area contributed by atoms with Crippen LogP contribution in [0.25, 0.3) is 0 Å². The number of nitrogens with one attached hydrogen (secondary N) is 1. The first-order valence-electron chi connectivity index (χ1n) is 9.02. The highest BCUT2D eigenvalue weighted by Crippen LogP contribution is 2.50. The SMILES string of the molecule is CCOC1CC(N)(C(=O)Nc2ccc(Oc3ccccc3Cl)cc2)C1(C)C. The van der Waals surface area contributed by atoms with Crippen molar-refractivity contribution in [3.8, 4) is 11.5 Å². The van der Waals surface area contributed by atoms with Gasteiger partial charge in [0, 0.05) is 24.1 Å². The molecule has 0 heterocycles. The number of hydrogen-bond acceptors (Lipinski definition) is 4. The molecule has 5 nitrogen and oxygen atoms in total. The Morgan fingerprint density at radius 2 is 1.89 bits per heavy atom. The number of ether oxygens (including phenoxy) is 2. The van der Waals surface area contributed by atoms with E-state index in [1.54, 1.807) is 36.4 Å². The first-order valence-corrected chi connectivity index (χ1v) is 9.40. The molecule has 27 heavy (non-hydrogen) atoms. The molecule has 3 N–H and O–H groups in total. The number of carbonyl (C=O) groups is 1. The van der Waals surface area contributed by atoms with Crippen LogP contribution in [0.15, 0.2) is 48.5 Å². The summed E-state index contributed by atoms with van der Waals surface area (Å²) in [7, 11) is 0. The molecule has 1 aliphatic carbocycles. The van der Waals surface area contributed by atoms with Gasteiger partial charge in [0.15, 0.2) is 0 Å². The van der Waals surface area contributed by atoms with E-state index in [-0.39, 0.29) is 12.0 Å². The lowest BCUT2D eigenvalue weighted by Crippen LogP contribution is -2.74. The number of anilines is 1. The van der Waals surface area contributed by atoms with Gasteiger partial charge in [-0.2, -0.15) is 0 Å². The second-order valence-electron chi connectivity index (χ2n) is 7.35. The summed E-state index contributed by atoms with van der Waals surface area (Å²) in [5.74, 6) is 1.00. The van der Waals surface area contributed by atoms with Crippen LogP contribution in [0.5, 0.6) is 11.5 Å². The molecule has 1 fully saturated rings. The molecule has 144 valence electrons. The van der Waals surface area contributed by atoms with E-state index in [2.05, 4.69) is 5.32 Å². The average Bonchev–Trinajstić information content (AvgIpc) is 2.64. The lowest BCUT2D eigenvalue weighted by Gasteiger charge is -2.57. The highest BCUT2D eigenvalue weighted by atomic mass is 35.5. The van der Waals surface area contributed by atoms with Crippen LogP contribution in [-0.2, 0) is 9.53 Å². The molecule has 6 heteroatoms. The molecule has 0 radical (unpaired) electrons. The van der Waals surface area contributed by atoms with Gasteiger partial charge in [0.25, 0.3) is 0 Å². The number of rotatable bonds is 6. The fourth-order valence-corrected chi connectivity index (χ4v) is 3.50. The van der Waals surface area contributed by atoms with Crippen molar-refractivity contribution >= 4 is 23.2 Å². The zero-order valence-corrected chi connectivity index (χ0v) is 16.5. The Hall–Kier alpha value is -2.08. The van der Waals surface area contributed by atoms with Crippen molar-refractivity contribution in [1.29, 1.82) is 0 Å². The summed E-state index contributed by atoms with van der Waals surface area (Å²) in [6, 6.07) is 14.4. The second-order valence-corrected chi connectivity index (χ2v) is 7.76. The number of halogens is 1. The van der Waals surface area contributed by atoms with Gasteiger partial charge < -0.3 is 20.5 Å². The standard InChI is InChI=1S/C21H25ClN2O3/c1-4-26-18-13-21(23,20(18,2)3)19(25)24-14-9-11-15(12-10-14)27-17-8-6-5-7-16(17)22/h5-12,18H,4,13,23H2,1-3H3,(H,24,25). The van der Waals surface area contributed by atoms with Gasteiger partial charge in [-0.3, -0.25) is 4.79 Å². The van der Waals surface area contributed by atoms with Gasteiger partial charge in [0.1, 0.15) is 17.0 Å². The molecule has 1 aliphatic rings. The summed E-state index contributed by atoms with van der Waals surface area (Å²) < 4.78 is 11.4. The zero-order valence-electron chi connectivity index (χ0n) is 15.8. The van der Waals surface area contributed by atoms with Gasteiger partial charge in [0.05, 0.1) is 11.1 Å². The highest BCUT2D eigenvalue weighted by molar-refractivity contribution is 6.32. The predicted octanol–water partition coefficient (Wildman–Crippen LogP) is 4.60. The van der Waals surface area contributed by atoms with Crippen molar-refractivity contribution in [2.45, 2.75) is 38.8 Å².